The number of fused-ring (bicyclic) bond motifs is 2. The molecule has 3 aromatic heterocycles. The molecule has 26 heavy (non-hydrogen) atoms. The summed E-state index contributed by atoms with van der Waals surface area (Å²) in [5.74, 6) is 0. The predicted octanol–water partition coefficient (Wildman–Crippen LogP) is 5.18. The molecular weight excluding hydrogens is 326 g/mol. The fourth-order valence-corrected chi connectivity index (χ4v) is 3.49. The zero-order chi connectivity index (χ0) is 18.5. The molecule has 0 N–H and O–H groups in total. The summed E-state index contributed by atoms with van der Waals surface area (Å²) in [6.07, 6.45) is 5.71. The molecule has 1 aromatic carbocycles. The highest BCUT2D eigenvalue weighted by Crippen LogP contribution is 2.35. The number of aromatic nitrogens is 3. The Morgan fingerprint density at radius 2 is 1.58 bits per heavy atom. The molecule has 0 atom stereocenters. The predicted molar refractivity (Wildman–Crippen MR) is 101 cm³/mol. The van der Waals surface area contributed by atoms with Crippen molar-refractivity contribution in [3.63, 3.8) is 0 Å². The van der Waals surface area contributed by atoms with E-state index in [1.165, 1.54) is 23.9 Å². The van der Waals surface area contributed by atoms with E-state index in [1.807, 2.05) is 12.3 Å². The molecule has 0 fully saturated rings. The molecule has 0 unspecified atom stereocenters. The molecular formula is C21H23N3O2. The zero-order valence-corrected chi connectivity index (χ0v) is 15.8. The number of benzene rings is 1. The van der Waals surface area contributed by atoms with Crippen LogP contribution in [0.4, 0.5) is 0 Å². The standard InChI is InChI=1S/C21H23N3O2/c1-20(2,3)15-8-17-16(23-11-25-17)6-13(15)9-21(4,5)14-7-18-19(22-10-14)24-12-26-18/h6-8,10-12H,9H2,1-5H3. The molecule has 134 valence electrons. The van der Waals surface area contributed by atoms with Crippen LogP contribution in [0.5, 0.6) is 0 Å². The average molecular weight is 349 g/mol. The van der Waals surface area contributed by atoms with Gasteiger partial charge in [-0.3, -0.25) is 0 Å². The molecule has 0 spiro atoms. The van der Waals surface area contributed by atoms with Gasteiger partial charge >= 0.3 is 0 Å². The van der Waals surface area contributed by atoms with Crippen molar-refractivity contribution in [1.29, 1.82) is 0 Å². The largest absolute Gasteiger partial charge is 0.443 e. The van der Waals surface area contributed by atoms with Crippen LogP contribution in [-0.2, 0) is 17.3 Å². The molecule has 5 nitrogen and oxygen atoms in total. The normalized spacial score (nSPS) is 13.0. The molecule has 0 aliphatic heterocycles. The Bertz CT molecular complexity index is 1080. The van der Waals surface area contributed by atoms with E-state index in [9.17, 15) is 0 Å². The molecule has 3 heterocycles. The lowest BCUT2D eigenvalue weighted by atomic mass is 9.75. The summed E-state index contributed by atoms with van der Waals surface area (Å²) in [5, 5.41) is 0. The molecule has 4 aromatic rings. The average Bonchev–Trinajstić information content (AvgIpc) is 3.20. The maximum atomic E-state index is 5.52. The second kappa shape index (κ2) is 5.66. The van der Waals surface area contributed by atoms with Crippen LogP contribution in [0.15, 0.2) is 46.0 Å². The van der Waals surface area contributed by atoms with E-state index >= 15 is 0 Å². The van der Waals surface area contributed by atoms with Gasteiger partial charge in [-0.15, -0.1) is 0 Å². The monoisotopic (exact) mass is 349 g/mol. The Kier molecular flexibility index (Phi) is 3.65. The summed E-state index contributed by atoms with van der Waals surface area (Å²) in [5.41, 5.74) is 6.67. The van der Waals surface area contributed by atoms with E-state index in [0.29, 0.717) is 5.65 Å². The minimum Gasteiger partial charge on any atom is -0.443 e. The summed E-state index contributed by atoms with van der Waals surface area (Å²) < 4.78 is 11.0. The van der Waals surface area contributed by atoms with E-state index in [2.05, 4.69) is 61.7 Å². The summed E-state index contributed by atoms with van der Waals surface area (Å²) in [7, 11) is 0. The molecule has 0 radical (unpaired) electrons. The molecule has 0 aliphatic rings. The SMILES string of the molecule is CC(C)(C)c1cc2ocnc2cc1CC(C)(C)c1cnc2ncoc2c1. The second-order valence-corrected chi connectivity index (χ2v) is 8.54. The van der Waals surface area contributed by atoms with Crippen LogP contribution in [0.2, 0.25) is 0 Å². The van der Waals surface area contributed by atoms with Crippen molar-refractivity contribution >= 4 is 22.3 Å². The lowest BCUT2D eigenvalue weighted by Crippen LogP contribution is -2.24. The number of oxazole rings is 2. The van der Waals surface area contributed by atoms with Crippen LogP contribution in [-0.4, -0.2) is 15.0 Å². The zero-order valence-electron chi connectivity index (χ0n) is 15.8. The van der Waals surface area contributed by atoms with Gasteiger partial charge in [0.25, 0.3) is 0 Å². The maximum absolute atomic E-state index is 5.52. The number of hydrogen-bond acceptors (Lipinski definition) is 5. The van der Waals surface area contributed by atoms with E-state index < -0.39 is 0 Å². The van der Waals surface area contributed by atoms with Crippen LogP contribution in [0.25, 0.3) is 22.3 Å². The summed E-state index contributed by atoms with van der Waals surface area (Å²) in [6.45, 7) is 11.1. The van der Waals surface area contributed by atoms with E-state index in [4.69, 9.17) is 8.83 Å². The van der Waals surface area contributed by atoms with Gasteiger partial charge in [0.05, 0.1) is 0 Å². The van der Waals surface area contributed by atoms with Crippen LogP contribution in [0.3, 0.4) is 0 Å². The minimum atomic E-state index is -0.120. The van der Waals surface area contributed by atoms with Crippen molar-refractivity contribution in [2.75, 3.05) is 0 Å². The molecule has 5 heteroatoms. The summed E-state index contributed by atoms with van der Waals surface area (Å²) in [6, 6.07) is 6.33. The first-order valence-corrected chi connectivity index (χ1v) is 8.80. The molecule has 0 amide bonds. The van der Waals surface area contributed by atoms with Crippen molar-refractivity contribution < 1.29 is 8.83 Å². The summed E-state index contributed by atoms with van der Waals surface area (Å²) in [4.78, 5) is 12.9. The van der Waals surface area contributed by atoms with Crippen LogP contribution >= 0.6 is 0 Å². The van der Waals surface area contributed by atoms with Gasteiger partial charge in [0.15, 0.2) is 29.6 Å². The Morgan fingerprint density at radius 1 is 0.846 bits per heavy atom. The fourth-order valence-electron chi connectivity index (χ4n) is 3.49. The smallest absolute Gasteiger partial charge is 0.198 e. The van der Waals surface area contributed by atoms with E-state index in [-0.39, 0.29) is 10.8 Å². The third kappa shape index (κ3) is 2.87. The van der Waals surface area contributed by atoms with Crippen LogP contribution in [0.1, 0.15) is 51.3 Å². The third-order valence-corrected chi connectivity index (χ3v) is 4.97. The van der Waals surface area contributed by atoms with Gasteiger partial charge in [0, 0.05) is 6.20 Å². The lowest BCUT2D eigenvalue weighted by molar-refractivity contribution is 0.504. The van der Waals surface area contributed by atoms with Crippen molar-refractivity contribution in [2.45, 2.75) is 51.9 Å². The van der Waals surface area contributed by atoms with Gasteiger partial charge < -0.3 is 8.83 Å². The Balaban J connectivity index is 1.79. The molecule has 4 rings (SSSR count). The van der Waals surface area contributed by atoms with Crippen molar-refractivity contribution in [1.82, 2.24) is 15.0 Å². The number of hydrogen-bond donors (Lipinski definition) is 0. The van der Waals surface area contributed by atoms with E-state index in [1.54, 1.807) is 0 Å². The number of nitrogens with zero attached hydrogens (tertiary/aromatic N) is 3. The number of pyridine rings is 1. The van der Waals surface area contributed by atoms with Gasteiger partial charge in [-0.1, -0.05) is 34.6 Å². The first kappa shape index (κ1) is 16.8. The van der Waals surface area contributed by atoms with Crippen molar-refractivity contribution in [2.24, 2.45) is 0 Å². The fraction of sp³-hybridized carbons (Fsp3) is 0.381. The first-order valence-electron chi connectivity index (χ1n) is 8.80. The van der Waals surface area contributed by atoms with Gasteiger partial charge in [-0.25, -0.2) is 9.97 Å². The van der Waals surface area contributed by atoms with Crippen LogP contribution < -0.4 is 0 Å². The Labute approximate surface area is 152 Å². The van der Waals surface area contributed by atoms with Gasteiger partial charge in [-0.05, 0) is 52.1 Å². The quantitative estimate of drug-likeness (QED) is 0.510. The Morgan fingerprint density at radius 3 is 2.35 bits per heavy atom. The highest BCUT2D eigenvalue weighted by Gasteiger charge is 2.27. The molecule has 0 saturated heterocycles. The molecule has 0 aliphatic carbocycles. The number of rotatable bonds is 3. The molecule has 0 bridgehead atoms. The minimum absolute atomic E-state index is 0.0134. The van der Waals surface area contributed by atoms with Crippen molar-refractivity contribution in [3.8, 4) is 0 Å². The highest BCUT2D eigenvalue weighted by atomic mass is 16.3. The highest BCUT2D eigenvalue weighted by molar-refractivity contribution is 5.75. The van der Waals surface area contributed by atoms with Gasteiger partial charge in [0.2, 0.25) is 0 Å². The lowest BCUT2D eigenvalue weighted by Gasteiger charge is -2.29. The molecule has 0 saturated carbocycles. The third-order valence-electron chi connectivity index (χ3n) is 4.97. The maximum Gasteiger partial charge on any atom is 0.198 e. The van der Waals surface area contributed by atoms with Gasteiger partial charge in [-0.2, -0.15) is 4.98 Å². The van der Waals surface area contributed by atoms with E-state index in [0.717, 1.165) is 28.7 Å². The van der Waals surface area contributed by atoms with Crippen LogP contribution in [0, 0.1) is 0 Å². The first-order chi connectivity index (χ1) is 12.2. The Hall–Kier alpha value is -2.69. The van der Waals surface area contributed by atoms with Gasteiger partial charge in [0.1, 0.15) is 5.52 Å². The summed E-state index contributed by atoms with van der Waals surface area (Å²) >= 11 is 0. The topological polar surface area (TPSA) is 65.0 Å². The van der Waals surface area contributed by atoms with Crippen molar-refractivity contribution in [3.05, 3.63) is 53.9 Å². The second-order valence-electron chi connectivity index (χ2n) is 8.54.